The van der Waals surface area contributed by atoms with E-state index in [1.165, 1.54) is 11.5 Å². The van der Waals surface area contributed by atoms with Crippen LogP contribution < -0.4 is 0 Å². The number of benzene rings is 1. The van der Waals surface area contributed by atoms with Gasteiger partial charge in [0.25, 0.3) is 0 Å². The molecule has 2 aliphatic carbocycles. The van der Waals surface area contributed by atoms with Gasteiger partial charge in [-0.1, -0.05) is 30.3 Å². The predicted molar refractivity (Wildman–Crippen MR) is 67.5 cm³/mol. The van der Waals surface area contributed by atoms with Gasteiger partial charge in [-0.25, -0.2) is 0 Å². The van der Waals surface area contributed by atoms with Crippen LogP contribution in [0.4, 0.5) is 0 Å². The molecule has 10 radical (unpaired) electrons. The van der Waals surface area contributed by atoms with Gasteiger partial charge in [0.15, 0.2) is 0 Å². The Morgan fingerprint density at radius 3 is 1.47 bits per heavy atom. The van der Waals surface area contributed by atoms with E-state index in [-0.39, 0.29) is 17.1 Å². The first-order chi connectivity index (χ1) is 7.97. The number of rotatable bonds is 1. The van der Waals surface area contributed by atoms with Crippen molar-refractivity contribution in [3.63, 3.8) is 0 Å². The minimum atomic E-state index is 0. The second-order valence-electron chi connectivity index (χ2n) is 3.50. The molecule has 3 rings (SSSR count). The van der Waals surface area contributed by atoms with Crippen LogP contribution in [0.1, 0.15) is 5.56 Å². The molecule has 17 heavy (non-hydrogen) atoms. The molecular formula is C16H14Fe+2. The van der Waals surface area contributed by atoms with Crippen LogP contribution in [0.3, 0.4) is 0 Å². The average Bonchev–Trinajstić information content (AvgIpc) is 3.07. The van der Waals surface area contributed by atoms with Crippen molar-refractivity contribution in [3.05, 3.63) is 99.6 Å². The molecule has 1 aromatic carbocycles. The van der Waals surface area contributed by atoms with E-state index in [1.807, 2.05) is 38.2 Å². The number of hydrogen-bond acceptors (Lipinski definition) is 0. The molecule has 0 bridgehead atoms. The molecule has 84 valence electrons. The van der Waals surface area contributed by atoms with Crippen LogP contribution in [0.15, 0.2) is 30.3 Å². The van der Waals surface area contributed by atoms with E-state index in [2.05, 4.69) is 49.9 Å². The van der Waals surface area contributed by atoms with Crippen LogP contribution in [-0.2, 0) is 17.1 Å². The van der Waals surface area contributed by atoms with Crippen molar-refractivity contribution in [2.45, 2.75) is 0 Å². The van der Waals surface area contributed by atoms with Gasteiger partial charge >= 0.3 is 17.1 Å². The Morgan fingerprint density at radius 2 is 1.00 bits per heavy atom. The maximum Gasteiger partial charge on any atom is 2.00 e. The molecule has 0 atom stereocenters. The Labute approximate surface area is 117 Å². The Bertz CT molecular complexity index is 263. The average molecular weight is 262 g/mol. The van der Waals surface area contributed by atoms with Gasteiger partial charge in [0.05, 0.1) is 0 Å². The fourth-order valence-corrected chi connectivity index (χ4v) is 1.52. The summed E-state index contributed by atoms with van der Waals surface area (Å²) in [6.07, 6.45) is 18.4. The van der Waals surface area contributed by atoms with Crippen LogP contribution in [0, 0.1) is 63.7 Å². The van der Waals surface area contributed by atoms with E-state index in [0.717, 1.165) is 0 Å². The fraction of sp³-hybridized carbons (Fsp3) is 0. The van der Waals surface area contributed by atoms with Crippen molar-refractivity contribution < 1.29 is 17.1 Å². The summed E-state index contributed by atoms with van der Waals surface area (Å²) in [4.78, 5) is 0. The monoisotopic (exact) mass is 262 g/mol. The van der Waals surface area contributed by atoms with Crippen LogP contribution in [-0.4, -0.2) is 0 Å². The first-order valence-electron chi connectivity index (χ1n) is 5.40. The maximum atomic E-state index is 2.12. The molecule has 1 heteroatoms. The zero-order valence-corrected chi connectivity index (χ0v) is 10.5. The van der Waals surface area contributed by atoms with E-state index < -0.39 is 0 Å². The van der Waals surface area contributed by atoms with E-state index >= 15 is 0 Å². The molecule has 0 unspecified atom stereocenters. The molecular weight excluding hydrogens is 248 g/mol. The predicted octanol–water partition coefficient (Wildman–Crippen LogP) is 3.46. The Hall–Kier alpha value is -0.261. The quantitative estimate of drug-likeness (QED) is 0.680. The van der Waals surface area contributed by atoms with E-state index in [9.17, 15) is 0 Å². The van der Waals surface area contributed by atoms with Gasteiger partial charge in [-0.15, -0.1) is 0 Å². The molecule has 0 nitrogen and oxygen atoms in total. The third-order valence-electron chi connectivity index (χ3n) is 2.33. The summed E-state index contributed by atoms with van der Waals surface area (Å²) in [5.41, 5.74) is 1.29. The molecule has 0 saturated heterocycles. The largest absolute Gasteiger partial charge is 2.00 e. The molecule has 0 spiro atoms. The molecule has 0 heterocycles. The first-order valence-corrected chi connectivity index (χ1v) is 5.40. The smallest absolute Gasteiger partial charge is 0.0622 e. The van der Waals surface area contributed by atoms with Crippen LogP contribution in [0.2, 0.25) is 0 Å². The van der Waals surface area contributed by atoms with Gasteiger partial charge in [-0.2, -0.15) is 0 Å². The third-order valence-corrected chi connectivity index (χ3v) is 2.33. The summed E-state index contributed by atoms with van der Waals surface area (Å²) >= 11 is 0. The molecule has 0 aliphatic heterocycles. The van der Waals surface area contributed by atoms with Gasteiger partial charge in [0, 0.05) is 5.92 Å². The van der Waals surface area contributed by atoms with Gasteiger partial charge in [-0.3, -0.25) is 0 Å². The molecule has 2 aliphatic rings. The summed E-state index contributed by atoms with van der Waals surface area (Å²) in [6, 6.07) is 10.4. The van der Waals surface area contributed by atoms with Crippen molar-refractivity contribution in [2.75, 3.05) is 0 Å². The third kappa shape index (κ3) is 5.27. The summed E-state index contributed by atoms with van der Waals surface area (Å²) < 4.78 is 0. The molecule has 0 amide bonds. The van der Waals surface area contributed by atoms with Crippen molar-refractivity contribution >= 4 is 0 Å². The van der Waals surface area contributed by atoms with Crippen LogP contribution in [0.5, 0.6) is 0 Å². The van der Waals surface area contributed by atoms with Crippen molar-refractivity contribution in [1.29, 1.82) is 0 Å². The van der Waals surface area contributed by atoms with E-state index in [1.54, 1.807) is 0 Å². The second kappa shape index (κ2) is 8.78. The zero-order chi connectivity index (χ0) is 11.1. The second-order valence-corrected chi connectivity index (χ2v) is 3.50. The van der Waals surface area contributed by atoms with Crippen molar-refractivity contribution in [1.82, 2.24) is 0 Å². The molecule has 0 N–H and O–H groups in total. The van der Waals surface area contributed by atoms with E-state index in [4.69, 9.17) is 0 Å². The Kier molecular flexibility index (Phi) is 7.64. The number of hydrogen-bond donors (Lipinski definition) is 0. The Morgan fingerprint density at radius 1 is 0.529 bits per heavy atom. The minimum absolute atomic E-state index is 0. The summed E-state index contributed by atoms with van der Waals surface area (Å²) in [7, 11) is 0. The molecule has 0 aromatic heterocycles. The molecule has 2 fully saturated rings. The normalized spacial score (nSPS) is 19.3. The van der Waals surface area contributed by atoms with Crippen molar-refractivity contribution in [2.24, 2.45) is 0 Å². The fourth-order valence-electron chi connectivity index (χ4n) is 1.52. The minimum Gasteiger partial charge on any atom is -0.0622 e. The SMILES string of the molecule is [CH]1[CH][CH][CH][CH]1.[CH]1[CH][CH][C](c2ccccc2)[CH]1.[Fe+2]. The van der Waals surface area contributed by atoms with Crippen molar-refractivity contribution in [3.8, 4) is 0 Å². The van der Waals surface area contributed by atoms with Gasteiger partial charge in [0.2, 0.25) is 0 Å². The van der Waals surface area contributed by atoms with Gasteiger partial charge in [-0.05, 0) is 63.4 Å². The first kappa shape index (κ1) is 14.8. The van der Waals surface area contributed by atoms with Crippen LogP contribution >= 0.6 is 0 Å². The topological polar surface area (TPSA) is 0 Å². The summed E-state index contributed by atoms with van der Waals surface area (Å²) in [5.74, 6) is 1.30. The standard InChI is InChI=1S/C11H9.C5H5.Fe/c1-2-6-10(7-3-1)11-8-4-5-9-11;1-2-4-5-3-1;/h1-9H;1-5H;/q;;+2. The Balaban J connectivity index is 0.000000205. The van der Waals surface area contributed by atoms with Crippen LogP contribution in [0.25, 0.3) is 0 Å². The summed E-state index contributed by atoms with van der Waals surface area (Å²) in [6.45, 7) is 0. The molecule has 2 saturated carbocycles. The zero-order valence-electron chi connectivity index (χ0n) is 9.44. The molecule has 1 aromatic rings. The maximum absolute atomic E-state index is 2.12. The van der Waals surface area contributed by atoms with Gasteiger partial charge in [0.1, 0.15) is 0 Å². The van der Waals surface area contributed by atoms with E-state index in [0.29, 0.717) is 0 Å². The van der Waals surface area contributed by atoms with Gasteiger partial charge < -0.3 is 0 Å². The summed E-state index contributed by atoms with van der Waals surface area (Å²) in [5, 5.41) is 0.